The Morgan fingerprint density at radius 1 is 1.36 bits per heavy atom. The van der Waals surface area contributed by atoms with Crippen LogP contribution in [0.2, 0.25) is 0 Å². The van der Waals surface area contributed by atoms with Gasteiger partial charge < -0.3 is 5.32 Å². The van der Waals surface area contributed by atoms with Crippen LogP contribution in [0.5, 0.6) is 0 Å². The molecular weight excluding hydrogens is 198 g/mol. The van der Waals surface area contributed by atoms with Crippen LogP contribution in [0.4, 0.5) is 0 Å². The van der Waals surface area contributed by atoms with E-state index in [1.54, 1.807) is 0 Å². The van der Waals surface area contributed by atoms with E-state index in [1.165, 1.54) is 11.1 Å². The number of carbonyl (C=O) groups excluding carboxylic acids is 1. The number of ketones is 1. The maximum Gasteiger partial charge on any atom is 0.148 e. The van der Waals surface area contributed by atoms with Gasteiger partial charge in [0.2, 0.25) is 0 Å². The maximum atomic E-state index is 11.1. The summed E-state index contributed by atoms with van der Waals surface area (Å²) in [5.41, 5.74) is 2.52. The number of benzene rings is 1. The third-order valence-electron chi connectivity index (χ3n) is 2.54. The molecule has 1 fully saturated rings. The first-order chi connectivity index (χ1) is 6.27. The summed E-state index contributed by atoms with van der Waals surface area (Å²) in [4.78, 5) is 11.1. The summed E-state index contributed by atoms with van der Waals surface area (Å²) >= 11 is 0. The van der Waals surface area contributed by atoms with Crippen LogP contribution in [0.1, 0.15) is 23.6 Å². The first-order valence-electron chi connectivity index (χ1n) is 4.58. The average Bonchev–Trinajstić information content (AvgIpc) is 2.53. The number of hydrogen-bond donors (Lipinski definition) is 1. The van der Waals surface area contributed by atoms with Crippen LogP contribution in [-0.4, -0.2) is 12.3 Å². The van der Waals surface area contributed by atoms with Crippen molar-refractivity contribution in [3.8, 4) is 0 Å². The fraction of sp³-hybridized carbons (Fsp3) is 0.364. The Hall–Kier alpha value is -0.860. The van der Waals surface area contributed by atoms with E-state index in [0.717, 1.165) is 0 Å². The third kappa shape index (κ3) is 2.14. The lowest BCUT2D eigenvalue weighted by Crippen LogP contribution is -2.14. The number of rotatable bonds is 1. The summed E-state index contributed by atoms with van der Waals surface area (Å²) in [7, 11) is 0. The highest BCUT2D eigenvalue weighted by molar-refractivity contribution is 5.85. The van der Waals surface area contributed by atoms with Crippen molar-refractivity contribution in [2.45, 2.75) is 19.4 Å². The van der Waals surface area contributed by atoms with Gasteiger partial charge in [0.05, 0.1) is 6.54 Å². The molecule has 1 aromatic rings. The highest BCUT2D eigenvalue weighted by atomic mass is 35.5. The van der Waals surface area contributed by atoms with Crippen LogP contribution < -0.4 is 5.32 Å². The Morgan fingerprint density at radius 2 is 2.07 bits per heavy atom. The lowest BCUT2D eigenvalue weighted by atomic mass is 10.0. The number of carbonyl (C=O) groups is 1. The van der Waals surface area contributed by atoms with Crippen molar-refractivity contribution in [1.29, 1.82) is 0 Å². The van der Waals surface area contributed by atoms with Crippen molar-refractivity contribution in [3.63, 3.8) is 0 Å². The number of nitrogens with one attached hydrogen (secondary N) is 1. The van der Waals surface area contributed by atoms with Crippen LogP contribution in [0, 0.1) is 6.92 Å². The first kappa shape index (κ1) is 11.2. The summed E-state index contributed by atoms with van der Waals surface area (Å²) in [5, 5.41) is 3.21. The standard InChI is InChI=1S/C11H13NO.ClH/c1-8-4-2-3-5-10(8)11-6-9(13)7-12-11;/h2-5,11-12H,6-7H2,1H3;1H. The van der Waals surface area contributed by atoms with E-state index in [4.69, 9.17) is 0 Å². The number of aryl methyl sites for hydroxylation is 1. The molecule has 1 N–H and O–H groups in total. The Morgan fingerprint density at radius 3 is 2.64 bits per heavy atom. The van der Waals surface area contributed by atoms with Gasteiger partial charge in [0.15, 0.2) is 0 Å². The molecule has 0 aliphatic carbocycles. The van der Waals surface area contributed by atoms with E-state index in [9.17, 15) is 4.79 Å². The molecule has 1 aliphatic rings. The van der Waals surface area contributed by atoms with Gasteiger partial charge in [-0.05, 0) is 18.1 Å². The second-order valence-electron chi connectivity index (χ2n) is 3.53. The fourth-order valence-electron chi connectivity index (χ4n) is 1.81. The molecule has 1 aromatic carbocycles. The zero-order valence-corrected chi connectivity index (χ0v) is 8.93. The van der Waals surface area contributed by atoms with Crippen LogP contribution in [0.3, 0.4) is 0 Å². The van der Waals surface area contributed by atoms with Gasteiger partial charge in [-0.25, -0.2) is 0 Å². The van der Waals surface area contributed by atoms with Crippen LogP contribution in [-0.2, 0) is 4.79 Å². The van der Waals surface area contributed by atoms with E-state index >= 15 is 0 Å². The number of halogens is 1. The highest BCUT2D eigenvalue weighted by Crippen LogP contribution is 2.23. The molecule has 1 aliphatic heterocycles. The highest BCUT2D eigenvalue weighted by Gasteiger charge is 2.23. The van der Waals surface area contributed by atoms with E-state index in [1.807, 2.05) is 12.1 Å². The molecule has 1 saturated heterocycles. The Labute approximate surface area is 90.1 Å². The largest absolute Gasteiger partial charge is 0.303 e. The van der Waals surface area contributed by atoms with Crippen molar-refractivity contribution in [2.75, 3.05) is 6.54 Å². The first-order valence-corrected chi connectivity index (χ1v) is 4.58. The fourth-order valence-corrected chi connectivity index (χ4v) is 1.81. The molecule has 0 radical (unpaired) electrons. The van der Waals surface area contributed by atoms with Gasteiger partial charge in [0.1, 0.15) is 5.78 Å². The van der Waals surface area contributed by atoms with Gasteiger partial charge in [0.25, 0.3) is 0 Å². The Balaban J connectivity index is 0.000000980. The number of Topliss-reactive ketones (excluding diaryl/α,β-unsaturated/α-hetero) is 1. The molecule has 14 heavy (non-hydrogen) atoms. The van der Waals surface area contributed by atoms with E-state index in [2.05, 4.69) is 24.4 Å². The normalized spacial score (nSPS) is 20.6. The molecule has 0 saturated carbocycles. The summed E-state index contributed by atoms with van der Waals surface area (Å²) in [6, 6.07) is 8.46. The van der Waals surface area contributed by atoms with E-state index < -0.39 is 0 Å². The third-order valence-corrected chi connectivity index (χ3v) is 2.54. The second-order valence-corrected chi connectivity index (χ2v) is 3.53. The second kappa shape index (κ2) is 4.58. The minimum Gasteiger partial charge on any atom is -0.303 e. The lowest BCUT2D eigenvalue weighted by molar-refractivity contribution is -0.116. The molecule has 0 amide bonds. The van der Waals surface area contributed by atoms with Gasteiger partial charge in [0, 0.05) is 12.5 Å². The molecule has 0 spiro atoms. The molecule has 0 bridgehead atoms. The zero-order valence-electron chi connectivity index (χ0n) is 8.12. The van der Waals surface area contributed by atoms with Crippen LogP contribution >= 0.6 is 12.4 Å². The number of hydrogen-bond acceptors (Lipinski definition) is 2. The predicted octanol–water partition coefficient (Wildman–Crippen LogP) is 2.02. The smallest absolute Gasteiger partial charge is 0.148 e. The van der Waals surface area contributed by atoms with Gasteiger partial charge in [-0.1, -0.05) is 24.3 Å². The molecule has 76 valence electrons. The molecule has 2 rings (SSSR count). The minimum absolute atomic E-state index is 0. The summed E-state index contributed by atoms with van der Waals surface area (Å²) in [5.74, 6) is 0.313. The lowest BCUT2D eigenvalue weighted by Gasteiger charge is -2.11. The van der Waals surface area contributed by atoms with Gasteiger partial charge in [-0.3, -0.25) is 4.79 Å². The maximum absolute atomic E-state index is 11.1. The quantitative estimate of drug-likeness (QED) is 0.770. The van der Waals surface area contributed by atoms with Crippen molar-refractivity contribution in [2.24, 2.45) is 0 Å². The zero-order chi connectivity index (χ0) is 9.26. The van der Waals surface area contributed by atoms with Gasteiger partial charge in [-0.2, -0.15) is 0 Å². The summed E-state index contributed by atoms with van der Waals surface area (Å²) < 4.78 is 0. The van der Waals surface area contributed by atoms with Crippen molar-refractivity contribution >= 4 is 18.2 Å². The van der Waals surface area contributed by atoms with Crippen molar-refractivity contribution in [3.05, 3.63) is 35.4 Å². The molecule has 3 heteroatoms. The summed E-state index contributed by atoms with van der Waals surface area (Å²) in [6.45, 7) is 2.61. The Kier molecular flexibility index (Phi) is 3.67. The van der Waals surface area contributed by atoms with Gasteiger partial charge in [-0.15, -0.1) is 12.4 Å². The van der Waals surface area contributed by atoms with E-state index in [-0.39, 0.29) is 18.4 Å². The molecule has 0 aromatic heterocycles. The molecular formula is C11H14ClNO. The topological polar surface area (TPSA) is 29.1 Å². The molecule has 1 atom stereocenters. The van der Waals surface area contributed by atoms with Crippen molar-refractivity contribution < 1.29 is 4.79 Å². The SMILES string of the molecule is Cc1ccccc1C1CC(=O)CN1.Cl. The van der Waals surface area contributed by atoms with Crippen LogP contribution in [0.25, 0.3) is 0 Å². The minimum atomic E-state index is 0. The van der Waals surface area contributed by atoms with Crippen LogP contribution in [0.15, 0.2) is 24.3 Å². The molecule has 1 heterocycles. The van der Waals surface area contributed by atoms with E-state index in [0.29, 0.717) is 18.7 Å². The Bertz CT molecular complexity index is 338. The average molecular weight is 212 g/mol. The summed E-state index contributed by atoms with van der Waals surface area (Å²) in [6.07, 6.45) is 0.644. The van der Waals surface area contributed by atoms with Crippen molar-refractivity contribution in [1.82, 2.24) is 5.32 Å². The molecule has 2 nitrogen and oxygen atoms in total. The molecule has 1 unspecified atom stereocenters. The van der Waals surface area contributed by atoms with Gasteiger partial charge >= 0.3 is 0 Å². The predicted molar refractivity (Wildman–Crippen MR) is 58.8 cm³/mol. The monoisotopic (exact) mass is 211 g/mol.